The molecule has 7 heteroatoms. The Hall–Kier alpha value is -2.54. The van der Waals surface area contributed by atoms with Crippen molar-refractivity contribution in [2.24, 2.45) is 5.92 Å². The van der Waals surface area contributed by atoms with Crippen LogP contribution in [0.3, 0.4) is 0 Å². The molecule has 25 heavy (non-hydrogen) atoms. The molecule has 2 heterocycles. The minimum atomic E-state index is -0.582. The Kier molecular flexibility index (Phi) is 5.55. The van der Waals surface area contributed by atoms with E-state index in [0.717, 1.165) is 25.9 Å². The molecule has 0 bridgehead atoms. The van der Waals surface area contributed by atoms with Crippen LogP contribution in [0, 0.1) is 11.7 Å². The second-order valence-electron chi connectivity index (χ2n) is 5.92. The smallest absolute Gasteiger partial charge is 0.358 e. The van der Waals surface area contributed by atoms with Crippen molar-refractivity contribution in [3.8, 4) is 17.0 Å². The van der Waals surface area contributed by atoms with E-state index in [-0.39, 0.29) is 5.69 Å². The van der Waals surface area contributed by atoms with E-state index in [0.29, 0.717) is 29.5 Å². The van der Waals surface area contributed by atoms with Crippen molar-refractivity contribution in [3.05, 3.63) is 42.1 Å². The average molecular weight is 345 g/mol. The minimum Gasteiger partial charge on any atom is -0.493 e. The second-order valence-corrected chi connectivity index (χ2v) is 5.92. The van der Waals surface area contributed by atoms with Crippen LogP contribution < -0.4 is 10.1 Å². The molecular formula is C18H20FN3O3. The van der Waals surface area contributed by atoms with E-state index in [4.69, 9.17) is 4.74 Å². The Morgan fingerprint density at radius 2 is 2.08 bits per heavy atom. The molecule has 6 nitrogen and oxygen atoms in total. The number of hydrogen-bond donors (Lipinski definition) is 1. The zero-order valence-electron chi connectivity index (χ0n) is 14.0. The number of piperidine rings is 1. The summed E-state index contributed by atoms with van der Waals surface area (Å²) in [6.45, 7) is 2.59. The van der Waals surface area contributed by atoms with Gasteiger partial charge < -0.3 is 14.8 Å². The summed E-state index contributed by atoms with van der Waals surface area (Å²) in [4.78, 5) is 19.4. The van der Waals surface area contributed by atoms with Crippen LogP contribution in [-0.2, 0) is 4.74 Å². The molecule has 0 atom stereocenters. The molecule has 0 radical (unpaired) electrons. The number of halogens is 1. The first-order valence-corrected chi connectivity index (χ1v) is 8.21. The molecule has 0 spiro atoms. The van der Waals surface area contributed by atoms with Crippen LogP contribution in [0.4, 0.5) is 4.39 Å². The van der Waals surface area contributed by atoms with Crippen LogP contribution in [0.25, 0.3) is 11.3 Å². The van der Waals surface area contributed by atoms with Gasteiger partial charge in [-0.15, -0.1) is 0 Å². The van der Waals surface area contributed by atoms with Gasteiger partial charge in [-0.25, -0.2) is 14.2 Å². The first kappa shape index (κ1) is 17.3. The number of rotatable bonds is 5. The van der Waals surface area contributed by atoms with Gasteiger partial charge in [0.25, 0.3) is 0 Å². The number of methoxy groups -OCH3 is 1. The van der Waals surface area contributed by atoms with Gasteiger partial charge in [0.1, 0.15) is 11.6 Å². The number of aromatic nitrogens is 2. The molecule has 0 amide bonds. The summed E-state index contributed by atoms with van der Waals surface area (Å²) in [5, 5.41) is 3.30. The lowest BCUT2D eigenvalue weighted by molar-refractivity contribution is 0.0593. The number of benzene rings is 1. The van der Waals surface area contributed by atoms with Crippen molar-refractivity contribution in [1.82, 2.24) is 15.3 Å². The molecule has 2 aromatic rings. The SMILES string of the molecule is COC(=O)c1cnc(-c2ccc(OCC3CCNCC3)cc2F)cn1. The van der Waals surface area contributed by atoms with Gasteiger partial charge in [0, 0.05) is 11.6 Å². The van der Waals surface area contributed by atoms with E-state index in [2.05, 4.69) is 20.0 Å². The summed E-state index contributed by atoms with van der Waals surface area (Å²) in [6.07, 6.45) is 4.76. The molecule has 132 valence electrons. The molecule has 1 aliphatic heterocycles. The third-order valence-electron chi connectivity index (χ3n) is 4.21. The van der Waals surface area contributed by atoms with E-state index in [1.54, 1.807) is 12.1 Å². The Balaban J connectivity index is 1.67. The fourth-order valence-corrected chi connectivity index (χ4v) is 2.73. The third-order valence-corrected chi connectivity index (χ3v) is 4.21. The first-order chi connectivity index (χ1) is 12.2. The lowest BCUT2D eigenvalue weighted by Gasteiger charge is -2.22. The lowest BCUT2D eigenvalue weighted by atomic mass is 9.99. The number of nitrogens with zero attached hydrogens (tertiary/aromatic N) is 2. The van der Waals surface area contributed by atoms with Crippen LogP contribution >= 0.6 is 0 Å². The van der Waals surface area contributed by atoms with Crippen LogP contribution in [0.2, 0.25) is 0 Å². The van der Waals surface area contributed by atoms with Gasteiger partial charge in [0.15, 0.2) is 5.69 Å². The van der Waals surface area contributed by atoms with Crippen LogP contribution in [-0.4, -0.2) is 42.7 Å². The summed E-state index contributed by atoms with van der Waals surface area (Å²) < 4.78 is 24.7. The number of hydrogen-bond acceptors (Lipinski definition) is 6. The fourth-order valence-electron chi connectivity index (χ4n) is 2.73. The molecule has 3 rings (SSSR count). The van der Waals surface area contributed by atoms with Crippen molar-refractivity contribution in [1.29, 1.82) is 0 Å². The number of esters is 1. The zero-order valence-corrected chi connectivity index (χ0v) is 14.0. The lowest BCUT2D eigenvalue weighted by Crippen LogP contribution is -2.30. The van der Waals surface area contributed by atoms with Crippen molar-refractivity contribution in [2.45, 2.75) is 12.8 Å². The number of carbonyl (C=O) groups excluding carboxylic acids is 1. The minimum absolute atomic E-state index is 0.0774. The monoisotopic (exact) mass is 345 g/mol. The van der Waals surface area contributed by atoms with Gasteiger partial charge in [0.05, 0.1) is 31.8 Å². The molecule has 1 aliphatic rings. The largest absolute Gasteiger partial charge is 0.493 e. The molecule has 1 aromatic heterocycles. The molecule has 1 aromatic carbocycles. The Morgan fingerprint density at radius 3 is 2.72 bits per heavy atom. The van der Waals surface area contributed by atoms with E-state index >= 15 is 0 Å². The summed E-state index contributed by atoms with van der Waals surface area (Å²) in [6, 6.07) is 4.68. The fraction of sp³-hybridized carbons (Fsp3) is 0.389. The van der Waals surface area contributed by atoms with E-state index in [9.17, 15) is 9.18 Å². The standard InChI is InChI=1S/C18H20FN3O3/c1-24-18(23)17-10-21-16(9-22-17)14-3-2-13(8-15(14)19)25-11-12-4-6-20-7-5-12/h2-3,8-10,12,20H,4-7,11H2,1H3. The maximum Gasteiger partial charge on any atom is 0.358 e. The van der Waals surface area contributed by atoms with Gasteiger partial charge >= 0.3 is 5.97 Å². The third kappa shape index (κ3) is 4.30. The summed E-state index contributed by atoms with van der Waals surface area (Å²) in [7, 11) is 1.26. The predicted molar refractivity (Wildman–Crippen MR) is 89.9 cm³/mol. The maximum absolute atomic E-state index is 14.4. The molecule has 1 fully saturated rings. The van der Waals surface area contributed by atoms with Gasteiger partial charge in [0.2, 0.25) is 0 Å². The van der Waals surface area contributed by atoms with Crippen LogP contribution in [0.1, 0.15) is 23.3 Å². The Labute approximate surface area is 145 Å². The highest BCUT2D eigenvalue weighted by Gasteiger charge is 2.15. The zero-order chi connectivity index (χ0) is 17.6. The molecule has 0 unspecified atom stereocenters. The van der Waals surface area contributed by atoms with E-state index < -0.39 is 11.8 Å². The van der Waals surface area contributed by atoms with Crippen molar-refractivity contribution < 1.29 is 18.7 Å². The topological polar surface area (TPSA) is 73.3 Å². The molecular weight excluding hydrogens is 325 g/mol. The summed E-state index contributed by atoms with van der Waals surface area (Å²) in [5.41, 5.74) is 0.724. The van der Waals surface area contributed by atoms with Gasteiger partial charge in [-0.2, -0.15) is 0 Å². The summed E-state index contributed by atoms with van der Waals surface area (Å²) >= 11 is 0. The number of carbonyl (C=O) groups is 1. The van der Waals surface area contributed by atoms with Crippen molar-refractivity contribution in [3.63, 3.8) is 0 Å². The number of ether oxygens (including phenoxy) is 2. The van der Waals surface area contributed by atoms with Crippen LogP contribution in [0.15, 0.2) is 30.6 Å². The van der Waals surface area contributed by atoms with Crippen LogP contribution in [0.5, 0.6) is 5.75 Å². The molecule has 1 saturated heterocycles. The van der Waals surface area contributed by atoms with E-state index in [1.807, 2.05) is 0 Å². The van der Waals surface area contributed by atoms with E-state index in [1.165, 1.54) is 25.6 Å². The average Bonchev–Trinajstić information content (AvgIpc) is 2.67. The maximum atomic E-state index is 14.4. The molecule has 1 N–H and O–H groups in total. The number of nitrogens with one attached hydrogen (secondary N) is 1. The second kappa shape index (κ2) is 8.02. The normalized spacial score (nSPS) is 15.0. The highest BCUT2D eigenvalue weighted by molar-refractivity contribution is 5.86. The van der Waals surface area contributed by atoms with Gasteiger partial charge in [-0.3, -0.25) is 4.98 Å². The van der Waals surface area contributed by atoms with Crippen molar-refractivity contribution in [2.75, 3.05) is 26.8 Å². The van der Waals surface area contributed by atoms with Gasteiger partial charge in [-0.05, 0) is 44.0 Å². The molecule has 0 saturated carbocycles. The quantitative estimate of drug-likeness (QED) is 0.839. The van der Waals surface area contributed by atoms with Gasteiger partial charge in [-0.1, -0.05) is 0 Å². The predicted octanol–water partition coefficient (Wildman–Crippen LogP) is 2.45. The Morgan fingerprint density at radius 1 is 1.28 bits per heavy atom. The highest BCUT2D eigenvalue weighted by atomic mass is 19.1. The highest BCUT2D eigenvalue weighted by Crippen LogP contribution is 2.25. The Bertz CT molecular complexity index is 731. The molecule has 0 aliphatic carbocycles. The first-order valence-electron chi connectivity index (χ1n) is 8.21. The van der Waals surface area contributed by atoms with Crippen molar-refractivity contribution >= 4 is 5.97 Å². The summed E-state index contributed by atoms with van der Waals surface area (Å²) in [5.74, 6) is -0.0243.